The highest BCUT2D eigenvalue weighted by molar-refractivity contribution is 6.31. The summed E-state index contributed by atoms with van der Waals surface area (Å²) in [4.78, 5) is 0. The summed E-state index contributed by atoms with van der Waals surface area (Å²) in [6.07, 6.45) is 1.99. The van der Waals surface area contributed by atoms with Crippen molar-refractivity contribution >= 4 is 17.3 Å². The van der Waals surface area contributed by atoms with Crippen LogP contribution in [0, 0.1) is 0 Å². The first-order valence-corrected chi connectivity index (χ1v) is 10.7. The Kier molecular flexibility index (Phi) is 6.41. The van der Waals surface area contributed by atoms with Gasteiger partial charge in [-0.3, -0.25) is 5.32 Å². The van der Waals surface area contributed by atoms with Gasteiger partial charge in [0.15, 0.2) is 0 Å². The summed E-state index contributed by atoms with van der Waals surface area (Å²) in [6, 6.07) is 27.2. The van der Waals surface area contributed by atoms with Crippen molar-refractivity contribution in [1.82, 2.24) is 5.32 Å². The first kappa shape index (κ1) is 20.5. The zero-order valence-corrected chi connectivity index (χ0v) is 18.1. The van der Waals surface area contributed by atoms with Gasteiger partial charge in [-0.15, -0.1) is 0 Å². The number of rotatable bonds is 8. The topological polar surface area (TPSA) is 33.3 Å². The van der Waals surface area contributed by atoms with Crippen molar-refractivity contribution in [2.24, 2.45) is 0 Å². The van der Waals surface area contributed by atoms with Crippen molar-refractivity contribution in [2.75, 3.05) is 12.4 Å². The third-order valence-corrected chi connectivity index (χ3v) is 5.98. The van der Waals surface area contributed by atoms with Crippen LogP contribution < -0.4 is 10.6 Å². The van der Waals surface area contributed by atoms with Gasteiger partial charge in [-0.25, -0.2) is 0 Å². The lowest BCUT2D eigenvalue weighted by Crippen LogP contribution is -2.26. The molecule has 0 bridgehead atoms. The number of halogens is 1. The summed E-state index contributed by atoms with van der Waals surface area (Å²) in [7, 11) is 1.73. The van der Waals surface area contributed by atoms with Gasteiger partial charge in [-0.1, -0.05) is 72.3 Å². The number of hydrogen-bond acceptors (Lipinski definition) is 3. The van der Waals surface area contributed by atoms with Gasteiger partial charge in [0.1, 0.15) is 5.76 Å². The fourth-order valence-electron chi connectivity index (χ4n) is 3.83. The van der Waals surface area contributed by atoms with Crippen LogP contribution in [0.3, 0.4) is 0 Å². The average molecular weight is 419 g/mol. The lowest BCUT2D eigenvalue weighted by atomic mass is 9.95. The van der Waals surface area contributed by atoms with Crippen molar-refractivity contribution in [3.8, 4) is 0 Å². The zero-order chi connectivity index (χ0) is 20.9. The molecule has 30 heavy (non-hydrogen) atoms. The second-order valence-corrected chi connectivity index (χ2v) is 8.02. The van der Waals surface area contributed by atoms with Crippen LogP contribution in [-0.2, 0) is 4.74 Å². The summed E-state index contributed by atoms with van der Waals surface area (Å²) < 4.78 is 5.42. The standard InChI is InChI=1S/C26H27ClN2O/c1-18(19-9-5-3-6-10-19)28-26(20-11-7-4-8-12-20)22-17-21(13-14-23(22)27)29-24-15-16-25(24)30-2/h3-14,17-18,26,28-29H,15-16H2,1-2H3/t18-,26?/m0/s1. The Balaban J connectivity index is 1.67. The fraction of sp³-hybridized carbons (Fsp3) is 0.231. The van der Waals surface area contributed by atoms with Crippen LogP contribution >= 0.6 is 11.6 Å². The van der Waals surface area contributed by atoms with Gasteiger partial charge >= 0.3 is 0 Å². The molecule has 1 unspecified atom stereocenters. The molecule has 2 N–H and O–H groups in total. The minimum Gasteiger partial charge on any atom is -0.499 e. The highest BCUT2D eigenvalue weighted by atomic mass is 35.5. The van der Waals surface area contributed by atoms with Gasteiger partial charge < -0.3 is 10.1 Å². The molecule has 4 rings (SSSR count). The minimum absolute atomic E-state index is 0.0343. The van der Waals surface area contributed by atoms with E-state index in [1.54, 1.807) is 7.11 Å². The minimum atomic E-state index is -0.0343. The molecule has 0 saturated heterocycles. The summed E-state index contributed by atoms with van der Waals surface area (Å²) in [5.74, 6) is 1.03. The summed E-state index contributed by atoms with van der Waals surface area (Å²) in [5.41, 5.74) is 5.64. The quantitative estimate of drug-likeness (QED) is 0.420. The van der Waals surface area contributed by atoms with Crippen molar-refractivity contribution in [2.45, 2.75) is 31.8 Å². The molecule has 3 aromatic carbocycles. The van der Waals surface area contributed by atoms with Crippen LogP contribution in [0.1, 0.15) is 48.5 Å². The Labute approximate surface area is 183 Å². The predicted octanol–water partition coefficient (Wildman–Crippen LogP) is 6.84. The van der Waals surface area contributed by atoms with E-state index in [0.29, 0.717) is 0 Å². The van der Waals surface area contributed by atoms with Crippen molar-refractivity contribution in [3.05, 3.63) is 112 Å². The smallest absolute Gasteiger partial charge is 0.115 e. The van der Waals surface area contributed by atoms with E-state index in [-0.39, 0.29) is 12.1 Å². The number of allylic oxidation sites excluding steroid dienone is 2. The average Bonchev–Trinajstić information content (AvgIpc) is 2.77. The van der Waals surface area contributed by atoms with E-state index in [2.05, 4.69) is 72.2 Å². The molecule has 0 spiro atoms. The molecule has 0 radical (unpaired) electrons. The molecule has 0 aromatic heterocycles. The summed E-state index contributed by atoms with van der Waals surface area (Å²) >= 11 is 6.71. The Morgan fingerprint density at radius 2 is 1.53 bits per heavy atom. The molecule has 0 heterocycles. The van der Waals surface area contributed by atoms with Crippen LogP contribution in [0.4, 0.5) is 5.69 Å². The van der Waals surface area contributed by atoms with Crippen molar-refractivity contribution in [3.63, 3.8) is 0 Å². The first-order chi connectivity index (χ1) is 14.7. The molecule has 1 aliphatic carbocycles. The lowest BCUT2D eigenvalue weighted by molar-refractivity contribution is 0.253. The number of hydrogen-bond donors (Lipinski definition) is 2. The molecule has 154 valence electrons. The largest absolute Gasteiger partial charge is 0.499 e. The van der Waals surface area contributed by atoms with E-state index in [4.69, 9.17) is 16.3 Å². The molecular formula is C26H27ClN2O. The van der Waals surface area contributed by atoms with Crippen LogP contribution in [0.25, 0.3) is 0 Å². The number of benzene rings is 3. The Morgan fingerprint density at radius 3 is 2.13 bits per heavy atom. The molecular weight excluding hydrogens is 392 g/mol. The second kappa shape index (κ2) is 9.38. The Morgan fingerprint density at radius 1 is 0.867 bits per heavy atom. The number of methoxy groups -OCH3 is 1. The van der Waals surface area contributed by atoms with E-state index < -0.39 is 0 Å². The highest BCUT2D eigenvalue weighted by Crippen LogP contribution is 2.35. The van der Waals surface area contributed by atoms with Crippen LogP contribution in [0.5, 0.6) is 0 Å². The molecule has 0 fully saturated rings. The third kappa shape index (κ3) is 4.53. The maximum Gasteiger partial charge on any atom is 0.115 e. The Bertz CT molecular complexity index is 1020. The molecule has 2 atom stereocenters. The van der Waals surface area contributed by atoms with E-state index in [9.17, 15) is 0 Å². The molecule has 3 nitrogen and oxygen atoms in total. The van der Waals surface area contributed by atoms with E-state index in [1.807, 2.05) is 24.3 Å². The molecule has 0 saturated carbocycles. The van der Waals surface area contributed by atoms with Gasteiger partial charge in [0, 0.05) is 23.2 Å². The van der Waals surface area contributed by atoms with Crippen molar-refractivity contribution in [1.29, 1.82) is 0 Å². The van der Waals surface area contributed by atoms with Crippen LogP contribution in [-0.4, -0.2) is 7.11 Å². The molecule has 1 aliphatic rings. The number of ether oxygens (including phenoxy) is 1. The van der Waals surface area contributed by atoms with Crippen molar-refractivity contribution < 1.29 is 4.74 Å². The van der Waals surface area contributed by atoms with E-state index in [0.717, 1.165) is 40.6 Å². The van der Waals surface area contributed by atoms with Gasteiger partial charge in [0.25, 0.3) is 0 Å². The van der Waals surface area contributed by atoms with Crippen LogP contribution in [0.2, 0.25) is 5.02 Å². The maximum absolute atomic E-state index is 6.71. The number of nitrogens with one attached hydrogen (secondary N) is 2. The predicted molar refractivity (Wildman–Crippen MR) is 125 cm³/mol. The summed E-state index contributed by atoms with van der Waals surface area (Å²) in [5, 5.41) is 8.04. The summed E-state index contributed by atoms with van der Waals surface area (Å²) in [6.45, 7) is 2.19. The highest BCUT2D eigenvalue weighted by Gasteiger charge is 2.22. The maximum atomic E-state index is 6.71. The Hall–Kier alpha value is -2.75. The molecule has 0 aliphatic heterocycles. The van der Waals surface area contributed by atoms with Gasteiger partial charge in [0.2, 0.25) is 0 Å². The first-order valence-electron chi connectivity index (χ1n) is 10.3. The van der Waals surface area contributed by atoms with E-state index >= 15 is 0 Å². The molecule has 4 heteroatoms. The molecule has 3 aromatic rings. The third-order valence-electron chi connectivity index (χ3n) is 5.64. The zero-order valence-electron chi connectivity index (χ0n) is 17.4. The monoisotopic (exact) mass is 418 g/mol. The lowest BCUT2D eigenvalue weighted by Gasteiger charge is -2.27. The second-order valence-electron chi connectivity index (χ2n) is 7.61. The van der Waals surface area contributed by atoms with Gasteiger partial charge in [0.05, 0.1) is 18.8 Å². The molecule has 0 amide bonds. The fourth-order valence-corrected chi connectivity index (χ4v) is 4.05. The number of anilines is 1. The van der Waals surface area contributed by atoms with E-state index in [1.165, 1.54) is 11.1 Å². The SMILES string of the molecule is COC1=C(Nc2ccc(Cl)c(C(N[C@@H](C)c3ccccc3)c3ccccc3)c2)CC1. The van der Waals surface area contributed by atoms with Gasteiger partial charge in [-0.05, 0) is 48.2 Å². The van der Waals surface area contributed by atoms with Crippen LogP contribution in [0.15, 0.2) is 90.3 Å². The normalized spacial score (nSPS) is 15.3. The van der Waals surface area contributed by atoms with Gasteiger partial charge in [-0.2, -0.15) is 0 Å².